The molecule has 7 nitrogen and oxygen atoms in total. The van der Waals surface area contributed by atoms with Gasteiger partial charge in [-0.1, -0.05) is 26.0 Å². The molecule has 0 fully saturated rings. The molecule has 7 heteroatoms. The minimum atomic E-state index is -0.454. The first-order valence-corrected chi connectivity index (χ1v) is 8.34. The maximum Gasteiger partial charge on any atom is 0.294 e. The van der Waals surface area contributed by atoms with Crippen molar-refractivity contribution in [3.63, 3.8) is 0 Å². The van der Waals surface area contributed by atoms with Crippen molar-refractivity contribution in [3.8, 4) is 11.5 Å². The van der Waals surface area contributed by atoms with Crippen LogP contribution in [0.5, 0.6) is 11.5 Å². The Morgan fingerprint density at radius 3 is 2.69 bits per heavy atom. The average Bonchev–Trinajstić information content (AvgIpc) is 2.62. The number of rotatable bonds is 9. The lowest BCUT2D eigenvalue weighted by Crippen LogP contribution is -2.03. The number of ether oxygens (including phenoxy) is 2. The van der Waals surface area contributed by atoms with Gasteiger partial charge in [0.1, 0.15) is 5.69 Å². The summed E-state index contributed by atoms with van der Waals surface area (Å²) in [7, 11) is 1.58. The van der Waals surface area contributed by atoms with Gasteiger partial charge in [-0.15, -0.1) is 0 Å². The Morgan fingerprint density at radius 1 is 1.23 bits per heavy atom. The first-order valence-electron chi connectivity index (χ1n) is 8.34. The maximum atomic E-state index is 11.0. The van der Waals surface area contributed by atoms with Crippen LogP contribution in [0.25, 0.3) is 0 Å². The predicted octanol–water partition coefficient (Wildman–Crippen LogP) is 4.47. The van der Waals surface area contributed by atoms with Gasteiger partial charge in [0.15, 0.2) is 11.5 Å². The second-order valence-corrected chi connectivity index (χ2v) is 6.09. The lowest BCUT2D eigenvalue weighted by Gasteiger charge is -2.12. The number of para-hydroxylation sites is 2. The van der Waals surface area contributed by atoms with Gasteiger partial charge < -0.3 is 9.47 Å². The molecule has 0 atom stereocenters. The largest absolute Gasteiger partial charge is 0.493 e. The number of nitrogens with one attached hydrogen (secondary N) is 1. The Morgan fingerprint density at radius 2 is 2.00 bits per heavy atom. The molecule has 0 aliphatic heterocycles. The van der Waals surface area contributed by atoms with Gasteiger partial charge in [0.2, 0.25) is 0 Å². The second kappa shape index (κ2) is 9.41. The summed E-state index contributed by atoms with van der Waals surface area (Å²) in [5, 5.41) is 15.1. The van der Waals surface area contributed by atoms with Crippen molar-refractivity contribution in [1.82, 2.24) is 0 Å². The highest BCUT2D eigenvalue weighted by Gasteiger charge is 2.11. The van der Waals surface area contributed by atoms with Crippen molar-refractivity contribution in [2.75, 3.05) is 19.1 Å². The molecular formula is C19H23N3O4. The summed E-state index contributed by atoms with van der Waals surface area (Å²) in [6.45, 7) is 4.91. The molecule has 0 radical (unpaired) electrons. The van der Waals surface area contributed by atoms with E-state index in [1.807, 2.05) is 12.1 Å². The van der Waals surface area contributed by atoms with Gasteiger partial charge in [-0.2, -0.15) is 5.10 Å². The van der Waals surface area contributed by atoms with E-state index in [1.165, 1.54) is 6.07 Å². The van der Waals surface area contributed by atoms with Crippen LogP contribution in [-0.2, 0) is 0 Å². The first-order chi connectivity index (χ1) is 12.5. The highest BCUT2D eigenvalue weighted by atomic mass is 16.6. The molecule has 2 aromatic rings. The smallest absolute Gasteiger partial charge is 0.294 e. The average molecular weight is 357 g/mol. The Kier molecular flexibility index (Phi) is 6.96. The molecule has 0 bridgehead atoms. The Hall–Kier alpha value is -3.09. The highest BCUT2D eigenvalue weighted by Crippen LogP contribution is 2.28. The molecule has 0 spiro atoms. The third kappa shape index (κ3) is 5.47. The second-order valence-electron chi connectivity index (χ2n) is 6.09. The molecule has 2 rings (SSSR count). The predicted molar refractivity (Wildman–Crippen MR) is 102 cm³/mol. The van der Waals surface area contributed by atoms with Gasteiger partial charge in [-0.05, 0) is 42.2 Å². The third-order valence-electron chi connectivity index (χ3n) is 3.64. The van der Waals surface area contributed by atoms with E-state index in [0.29, 0.717) is 29.7 Å². The van der Waals surface area contributed by atoms with Crippen LogP contribution < -0.4 is 14.9 Å². The van der Waals surface area contributed by atoms with Crippen molar-refractivity contribution in [2.45, 2.75) is 20.3 Å². The van der Waals surface area contributed by atoms with E-state index in [-0.39, 0.29) is 5.69 Å². The molecule has 0 saturated heterocycles. The fraction of sp³-hybridized carbons (Fsp3) is 0.316. The number of benzene rings is 2. The van der Waals surface area contributed by atoms with Crippen LogP contribution in [0.4, 0.5) is 11.4 Å². The zero-order valence-corrected chi connectivity index (χ0v) is 15.1. The van der Waals surface area contributed by atoms with Crippen molar-refractivity contribution in [1.29, 1.82) is 0 Å². The monoisotopic (exact) mass is 357 g/mol. The maximum absolute atomic E-state index is 11.0. The normalized spacial score (nSPS) is 10.9. The quantitative estimate of drug-likeness (QED) is 0.406. The zero-order chi connectivity index (χ0) is 18.9. The molecule has 0 amide bonds. The first kappa shape index (κ1) is 19.2. The van der Waals surface area contributed by atoms with E-state index in [4.69, 9.17) is 9.47 Å². The standard InChI is InChI=1S/C19H23N3O4/c1-14(2)10-11-26-18-9-8-15(12-19(18)25-3)13-20-21-16-6-4-5-7-17(16)22(23)24/h4-9,12-14,21H,10-11H2,1-3H3/b20-13-. The fourth-order valence-electron chi connectivity index (χ4n) is 2.19. The molecule has 0 aliphatic carbocycles. The van der Waals surface area contributed by atoms with E-state index in [2.05, 4.69) is 24.4 Å². The number of nitrogens with zero attached hydrogens (tertiary/aromatic N) is 2. The Labute approximate surface area is 152 Å². The summed E-state index contributed by atoms with van der Waals surface area (Å²) >= 11 is 0. The topological polar surface area (TPSA) is 86.0 Å². The van der Waals surface area contributed by atoms with Crippen LogP contribution in [0.3, 0.4) is 0 Å². The van der Waals surface area contributed by atoms with E-state index < -0.39 is 4.92 Å². The molecule has 0 unspecified atom stereocenters. The molecule has 0 heterocycles. The van der Waals surface area contributed by atoms with E-state index >= 15 is 0 Å². The number of hydrogen-bond donors (Lipinski definition) is 1. The fourth-order valence-corrected chi connectivity index (χ4v) is 2.19. The van der Waals surface area contributed by atoms with Crippen LogP contribution in [-0.4, -0.2) is 24.9 Å². The molecular weight excluding hydrogens is 334 g/mol. The number of hydrazone groups is 1. The molecule has 2 aromatic carbocycles. The van der Waals surface area contributed by atoms with Crippen molar-refractivity contribution < 1.29 is 14.4 Å². The number of anilines is 1. The lowest BCUT2D eigenvalue weighted by molar-refractivity contribution is -0.384. The van der Waals surface area contributed by atoms with Crippen LogP contribution in [0.1, 0.15) is 25.8 Å². The van der Waals surface area contributed by atoms with Crippen LogP contribution in [0, 0.1) is 16.0 Å². The lowest BCUT2D eigenvalue weighted by atomic mass is 10.1. The van der Waals surface area contributed by atoms with Gasteiger partial charge in [-0.3, -0.25) is 15.5 Å². The number of nitro benzene ring substituents is 1. The molecule has 26 heavy (non-hydrogen) atoms. The molecule has 1 N–H and O–H groups in total. The third-order valence-corrected chi connectivity index (χ3v) is 3.64. The number of hydrogen-bond acceptors (Lipinski definition) is 6. The van der Waals surface area contributed by atoms with Crippen LogP contribution in [0.2, 0.25) is 0 Å². The van der Waals surface area contributed by atoms with Crippen LogP contribution in [0.15, 0.2) is 47.6 Å². The molecule has 0 saturated carbocycles. The summed E-state index contributed by atoms with van der Waals surface area (Å²) in [6, 6.07) is 11.8. The van der Waals surface area contributed by atoms with Gasteiger partial charge in [0.25, 0.3) is 5.69 Å². The van der Waals surface area contributed by atoms with Gasteiger partial charge in [0, 0.05) is 6.07 Å². The van der Waals surface area contributed by atoms with Crippen molar-refractivity contribution >= 4 is 17.6 Å². The van der Waals surface area contributed by atoms with E-state index in [1.54, 1.807) is 37.6 Å². The number of nitro groups is 1. The molecule has 0 aliphatic rings. The summed E-state index contributed by atoms with van der Waals surface area (Å²) < 4.78 is 11.1. The minimum absolute atomic E-state index is 0.0314. The SMILES string of the molecule is COc1cc(/C=N\Nc2ccccc2[N+](=O)[O-])ccc1OCCC(C)C. The zero-order valence-electron chi connectivity index (χ0n) is 15.1. The van der Waals surface area contributed by atoms with Crippen molar-refractivity contribution in [3.05, 3.63) is 58.1 Å². The highest BCUT2D eigenvalue weighted by molar-refractivity contribution is 5.81. The van der Waals surface area contributed by atoms with Gasteiger partial charge in [0.05, 0.1) is 24.9 Å². The summed E-state index contributed by atoms with van der Waals surface area (Å²) in [5.41, 5.74) is 3.78. The summed E-state index contributed by atoms with van der Waals surface area (Å²) in [6.07, 6.45) is 2.53. The minimum Gasteiger partial charge on any atom is -0.493 e. The number of methoxy groups -OCH3 is 1. The van der Waals surface area contributed by atoms with Gasteiger partial charge in [-0.25, -0.2) is 0 Å². The summed E-state index contributed by atoms with van der Waals surface area (Å²) in [4.78, 5) is 10.5. The molecule has 0 aromatic heterocycles. The molecule has 138 valence electrons. The van der Waals surface area contributed by atoms with Crippen molar-refractivity contribution in [2.24, 2.45) is 11.0 Å². The summed E-state index contributed by atoms with van der Waals surface area (Å²) in [5.74, 6) is 1.86. The van der Waals surface area contributed by atoms with E-state index in [0.717, 1.165) is 12.0 Å². The Balaban J connectivity index is 2.05. The van der Waals surface area contributed by atoms with Crippen LogP contribution >= 0.6 is 0 Å². The van der Waals surface area contributed by atoms with Gasteiger partial charge >= 0.3 is 0 Å². The van der Waals surface area contributed by atoms with E-state index in [9.17, 15) is 10.1 Å². The Bertz CT molecular complexity index is 775.